The Morgan fingerprint density at radius 1 is 1.06 bits per heavy atom. The monoisotopic (exact) mass is 267 g/mol. The summed E-state index contributed by atoms with van der Waals surface area (Å²) in [7, 11) is 2.19. The van der Waals surface area contributed by atoms with Crippen LogP contribution in [0, 0.1) is 23.7 Å². The van der Waals surface area contributed by atoms with E-state index in [2.05, 4.69) is 24.1 Å². The van der Waals surface area contributed by atoms with E-state index in [1.165, 1.54) is 37.2 Å². The van der Waals surface area contributed by atoms with Crippen LogP contribution in [-0.2, 0) is 0 Å². The molecule has 1 heterocycles. The molecule has 2 heteroatoms. The van der Waals surface area contributed by atoms with Gasteiger partial charge in [-0.25, -0.2) is 0 Å². The molecule has 1 nitrogen and oxygen atoms in total. The van der Waals surface area contributed by atoms with E-state index in [-0.39, 0.29) is 0 Å². The molecule has 3 aliphatic rings. The SMILES string of the molecule is CNC(CC1CCSCC1)CC1CC2CCC1C2. The van der Waals surface area contributed by atoms with Gasteiger partial charge < -0.3 is 5.32 Å². The second kappa shape index (κ2) is 6.17. The third-order valence-electron chi connectivity index (χ3n) is 5.84. The predicted octanol–water partition coefficient (Wildman–Crippen LogP) is 3.93. The van der Waals surface area contributed by atoms with Crippen LogP contribution in [0.1, 0.15) is 51.4 Å². The third-order valence-corrected chi connectivity index (χ3v) is 6.89. The van der Waals surface area contributed by atoms with E-state index < -0.39 is 0 Å². The first kappa shape index (κ1) is 13.3. The Bertz CT molecular complexity index is 262. The summed E-state index contributed by atoms with van der Waals surface area (Å²) in [4.78, 5) is 0. The van der Waals surface area contributed by atoms with Gasteiger partial charge >= 0.3 is 0 Å². The fourth-order valence-corrected chi connectivity index (χ4v) is 5.95. The molecule has 0 aromatic carbocycles. The lowest BCUT2D eigenvalue weighted by molar-refractivity contribution is 0.257. The molecule has 0 amide bonds. The van der Waals surface area contributed by atoms with Crippen molar-refractivity contribution in [3.05, 3.63) is 0 Å². The average Bonchev–Trinajstić information content (AvgIpc) is 3.01. The zero-order valence-electron chi connectivity index (χ0n) is 11.9. The van der Waals surface area contributed by atoms with Crippen molar-refractivity contribution in [2.24, 2.45) is 23.7 Å². The number of hydrogen-bond acceptors (Lipinski definition) is 2. The Morgan fingerprint density at radius 2 is 1.89 bits per heavy atom. The summed E-state index contributed by atoms with van der Waals surface area (Å²) >= 11 is 2.16. The van der Waals surface area contributed by atoms with E-state index >= 15 is 0 Å². The molecule has 1 N–H and O–H groups in total. The summed E-state index contributed by atoms with van der Waals surface area (Å²) in [6, 6.07) is 0.808. The molecule has 0 radical (unpaired) electrons. The highest BCUT2D eigenvalue weighted by atomic mass is 32.2. The molecule has 4 unspecified atom stereocenters. The fraction of sp³-hybridized carbons (Fsp3) is 1.00. The summed E-state index contributed by atoms with van der Waals surface area (Å²) in [5.74, 6) is 7.13. The molecular weight excluding hydrogens is 238 g/mol. The molecule has 0 spiro atoms. The maximum atomic E-state index is 3.63. The molecule has 1 aliphatic heterocycles. The highest BCUT2D eigenvalue weighted by Crippen LogP contribution is 2.50. The van der Waals surface area contributed by atoms with Crippen molar-refractivity contribution in [1.29, 1.82) is 0 Å². The normalized spacial score (nSPS) is 38.2. The molecule has 4 atom stereocenters. The summed E-state index contributed by atoms with van der Waals surface area (Å²) in [6.45, 7) is 0. The van der Waals surface area contributed by atoms with Crippen molar-refractivity contribution in [2.75, 3.05) is 18.6 Å². The Labute approximate surface area is 117 Å². The minimum atomic E-state index is 0.808. The highest BCUT2D eigenvalue weighted by molar-refractivity contribution is 7.99. The average molecular weight is 267 g/mol. The zero-order chi connectivity index (χ0) is 12.4. The van der Waals surface area contributed by atoms with Crippen molar-refractivity contribution in [1.82, 2.24) is 5.32 Å². The van der Waals surface area contributed by atoms with Gasteiger partial charge in [-0.3, -0.25) is 0 Å². The van der Waals surface area contributed by atoms with Crippen LogP contribution in [0.2, 0.25) is 0 Å². The molecule has 104 valence electrons. The van der Waals surface area contributed by atoms with Gasteiger partial charge in [0.15, 0.2) is 0 Å². The summed E-state index contributed by atoms with van der Waals surface area (Å²) in [5, 5.41) is 3.63. The Balaban J connectivity index is 1.46. The van der Waals surface area contributed by atoms with Crippen LogP contribution in [-0.4, -0.2) is 24.6 Å². The van der Waals surface area contributed by atoms with Crippen molar-refractivity contribution in [2.45, 2.75) is 57.4 Å². The maximum Gasteiger partial charge on any atom is 0.00694 e. The largest absolute Gasteiger partial charge is 0.317 e. The van der Waals surface area contributed by atoms with E-state index in [9.17, 15) is 0 Å². The van der Waals surface area contributed by atoms with E-state index in [0.717, 1.165) is 29.7 Å². The zero-order valence-corrected chi connectivity index (χ0v) is 12.7. The van der Waals surface area contributed by atoms with Crippen LogP contribution in [0.3, 0.4) is 0 Å². The van der Waals surface area contributed by atoms with Crippen LogP contribution in [0.4, 0.5) is 0 Å². The highest BCUT2D eigenvalue weighted by Gasteiger charge is 2.40. The van der Waals surface area contributed by atoms with Gasteiger partial charge in [0.25, 0.3) is 0 Å². The smallest absolute Gasteiger partial charge is 0.00694 e. The van der Waals surface area contributed by atoms with Gasteiger partial charge in [0, 0.05) is 6.04 Å². The maximum absolute atomic E-state index is 3.63. The summed E-state index contributed by atoms with van der Waals surface area (Å²) in [6.07, 6.45) is 12.1. The van der Waals surface area contributed by atoms with Crippen LogP contribution in [0.5, 0.6) is 0 Å². The molecule has 3 fully saturated rings. The molecular formula is C16H29NS. The van der Waals surface area contributed by atoms with Gasteiger partial charge in [-0.2, -0.15) is 11.8 Å². The van der Waals surface area contributed by atoms with Gasteiger partial charge in [0.2, 0.25) is 0 Å². The lowest BCUT2D eigenvalue weighted by Crippen LogP contribution is -2.32. The lowest BCUT2D eigenvalue weighted by atomic mass is 9.81. The van der Waals surface area contributed by atoms with Crippen molar-refractivity contribution in [3.8, 4) is 0 Å². The van der Waals surface area contributed by atoms with E-state index in [4.69, 9.17) is 0 Å². The third kappa shape index (κ3) is 3.07. The van der Waals surface area contributed by atoms with Crippen LogP contribution in [0.15, 0.2) is 0 Å². The topological polar surface area (TPSA) is 12.0 Å². The van der Waals surface area contributed by atoms with E-state index in [1.54, 1.807) is 25.7 Å². The number of hydrogen-bond donors (Lipinski definition) is 1. The standard InChI is InChI=1S/C16H29NS/c1-17-16(10-12-4-6-18-7-5-12)11-15-9-13-2-3-14(15)8-13/h12-17H,2-11H2,1H3. The van der Waals surface area contributed by atoms with Gasteiger partial charge in [0.05, 0.1) is 0 Å². The van der Waals surface area contributed by atoms with Crippen LogP contribution in [0.25, 0.3) is 0 Å². The molecule has 18 heavy (non-hydrogen) atoms. The van der Waals surface area contributed by atoms with Crippen molar-refractivity contribution < 1.29 is 0 Å². The molecule has 3 rings (SSSR count). The van der Waals surface area contributed by atoms with Gasteiger partial charge in [0.1, 0.15) is 0 Å². The molecule has 2 bridgehead atoms. The van der Waals surface area contributed by atoms with Gasteiger partial charge in [-0.15, -0.1) is 0 Å². The summed E-state index contributed by atoms with van der Waals surface area (Å²) in [5.41, 5.74) is 0. The molecule has 2 aliphatic carbocycles. The van der Waals surface area contributed by atoms with Gasteiger partial charge in [-0.1, -0.05) is 6.42 Å². The Kier molecular flexibility index (Phi) is 4.56. The molecule has 2 saturated carbocycles. The van der Waals surface area contributed by atoms with E-state index in [0.29, 0.717) is 0 Å². The first-order valence-corrected chi connectivity index (χ1v) is 9.25. The number of fused-ring (bicyclic) bond motifs is 2. The van der Waals surface area contributed by atoms with Crippen LogP contribution < -0.4 is 5.32 Å². The lowest BCUT2D eigenvalue weighted by Gasteiger charge is -2.30. The van der Waals surface area contributed by atoms with Crippen molar-refractivity contribution >= 4 is 11.8 Å². The predicted molar refractivity (Wildman–Crippen MR) is 81.1 cm³/mol. The summed E-state index contributed by atoms with van der Waals surface area (Å²) < 4.78 is 0. The Hall–Kier alpha value is 0.310. The fourth-order valence-electron chi connectivity index (χ4n) is 4.75. The molecule has 0 aromatic heterocycles. The Morgan fingerprint density at radius 3 is 2.50 bits per heavy atom. The number of rotatable bonds is 5. The van der Waals surface area contributed by atoms with E-state index in [1.807, 2.05) is 0 Å². The first-order valence-electron chi connectivity index (χ1n) is 8.10. The minimum Gasteiger partial charge on any atom is -0.317 e. The minimum absolute atomic E-state index is 0.808. The number of nitrogens with one attached hydrogen (secondary N) is 1. The second-order valence-electron chi connectivity index (χ2n) is 6.95. The quantitative estimate of drug-likeness (QED) is 0.810. The molecule has 0 aromatic rings. The van der Waals surface area contributed by atoms with Crippen molar-refractivity contribution in [3.63, 3.8) is 0 Å². The second-order valence-corrected chi connectivity index (χ2v) is 8.17. The molecule has 1 saturated heterocycles. The first-order chi connectivity index (χ1) is 8.85. The number of thioether (sulfide) groups is 1. The van der Waals surface area contributed by atoms with Crippen LogP contribution >= 0.6 is 11.8 Å². The van der Waals surface area contributed by atoms with Gasteiger partial charge in [-0.05, 0) is 87.2 Å².